The highest BCUT2D eigenvalue weighted by Gasteiger charge is 2.29. The molecule has 3 rings (SSSR count). The van der Waals surface area contributed by atoms with E-state index in [4.69, 9.17) is 4.42 Å². The van der Waals surface area contributed by atoms with E-state index in [2.05, 4.69) is 6.07 Å². The Morgan fingerprint density at radius 2 is 1.75 bits per heavy atom. The molecule has 3 heteroatoms. The standard InChI is InChI=1S/C17H20O3/c1-17(2,3)14-12-8-10-6-4-5-7-11(10)9-13(12)20-15(14)16(18)19/h8-9H,4-7H2,1-3H3,(H,18,19). The number of carboxylic acids is 1. The van der Waals surface area contributed by atoms with Crippen molar-refractivity contribution in [1.29, 1.82) is 0 Å². The van der Waals surface area contributed by atoms with Crippen LogP contribution in [0.3, 0.4) is 0 Å². The van der Waals surface area contributed by atoms with Crippen LogP contribution in [-0.2, 0) is 18.3 Å². The fourth-order valence-electron chi connectivity index (χ4n) is 3.22. The van der Waals surface area contributed by atoms with Gasteiger partial charge in [0.1, 0.15) is 5.58 Å². The maximum absolute atomic E-state index is 11.5. The predicted molar refractivity (Wildman–Crippen MR) is 78.5 cm³/mol. The molecule has 20 heavy (non-hydrogen) atoms. The summed E-state index contributed by atoms with van der Waals surface area (Å²) < 4.78 is 5.65. The summed E-state index contributed by atoms with van der Waals surface area (Å²) in [5.41, 5.74) is 3.95. The first kappa shape index (κ1) is 13.2. The largest absolute Gasteiger partial charge is 0.475 e. The zero-order valence-corrected chi connectivity index (χ0v) is 12.2. The third-order valence-corrected chi connectivity index (χ3v) is 4.10. The molecule has 0 amide bonds. The zero-order valence-electron chi connectivity index (χ0n) is 12.2. The van der Waals surface area contributed by atoms with E-state index in [-0.39, 0.29) is 11.2 Å². The maximum Gasteiger partial charge on any atom is 0.372 e. The van der Waals surface area contributed by atoms with Gasteiger partial charge in [-0.15, -0.1) is 0 Å². The van der Waals surface area contributed by atoms with Crippen LogP contribution in [0.4, 0.5) is 0 Å². The first-order chi connectivity index (χ1) is 9.38. The first-order valence-corrected chi connectivity index (χ1v) is 7.20. The highest BCUT2D eigenvalue weighted by molar-refractivity contribution is 5.96. The topological polar surface area (TPSA) is 50.4 Å². The van der Waals surface area contributed by atoms with Crippen molar-refractivity contribution in [3.8, 4) is 0 Å². The van der Waals surface area contributed by atoms with Gasteiger partial charge in [-0.2, -0.15) is 0 Å². The van der Waals surface area contributed by atoms with E-state index in [0.717, 1.165) is 23.8 Å². The lowest BCUT2D eigenvalue weighted by Gasteiger charge is -2.19. The second-order valence-electron chi connectivity index (χ2n) is 6.69. The Bertz CT molecular complexity index is 686. The van der Waals surface area contributed by atoms with Crippen LogP contribution >= 0.6 is 0 Å². The number of furan rings is 1. The molecule has 1 aromatic heterocycles. The van der Waals surface area contributed by atoms with Crippen LogP contribution in [0.25, 0.3) is 11.0 Å². The number of benzene rings is 1. The van der Waals surface area contributed by atoms with Gasteiger partial charge in [0.25, 0.3) is 0 Å². The second kappa shape index (κ2) is 4.37. The molecule has 0 fully saturated rings. The molecule has 1 N–H and O–H groups in total. The van der Waals surface area contributed by atoms with Gasteiger partial charge in [0.15, 0.2) is 0 Å². The van der Waals surface area contributed by atoms with E-state index in [0.29, 0.717) is 5.58 Å². The fraction of sp³-hybridized carbons (Fsp3) is 0.471. The van der Waals surface area contributed by atoms with Gasteiger partial charge in [-0.05, 0) is 54.4 Å². The fourth-order valence-corrected chi connectivity index (χ4v) is 3.22. The van der Waals surface area contributed by atoms with Crippen LogP contribution in [-0.4, -0.2) is 11.1 Å². The van der Waals surface area contributed by atoms with E-state index < -0.39 is 5.97 Å². The van der Waals surface area contributed by atoms with Crippen molar-refractivity contribution in [3.63, 3.8) is 0 Å². The van der Waals surface area contributed by atoms with Gasteiger partial charge in [-0.25, -0.2) is 4.79 Å². The summed E-state index contributed by atoms with van der Waals surface area (Å²) in [6.45, 7) is 6.09. The highest BCUT2D eigenvalue weighted by atomic mass is 16.4. The third-order valence-electron chi connectivity index (χ3n) is 4.10. The Balaban J connectivity index is 2.33. The summed E-state index contributed by atoms with van der Waals surface area (Å²) in [6, 6.07) is 4.20. The van der Waals surface area contributed by atoms with Crippen LogP contribution in [0.15, 0.2) is 16.5 Å². The van der Waals surface area contributed by atoms with Gasteiger partial charge >= 0.3 is 5.97 Å². The average molecular weight is 272 g/mol. The molecule has 1 aliphatic carbocycles. The minimum absolute atomic E-state index is 0.0925. The molecule has 0 spiro atoms. The number of hydrogen-bond donors (Lipinski definition) is 1. The minimum Gasteiger partial charge on any atom is -0.475 e. The summed E-state index contributed by atoms with van der Waals surface area (Å²) >= 11 is 0. The molecule has 0 bridgehead atoms. The Morgan fingerprint density at radius 3 is 2.30 bits per heavy atom. The Labute approximate surface area is 118 Å². The minimum atomic E-state index is -0.982. The number of hydrogen-bond acceptors (Lipinski definition) is 2. The molecule has 1 aliphatic rings. The Morgan fingerprint density at radius 1 is 1.15 bits per heavy atom. The summed E-state index contributed by atoms with van der Waals surface area (Å²) in [5, 5.41) is 10.4. The summed E-state index contributed by atoms with van der Waals surface area (Å²) in [7, 11) is 0. The lowest BCUT2D eigenvalue weighted by molar-refractivity contribution is 0.0661. The van der Waals surface area contributed by atoms with Gasteiger partial charge in [0, 0.05) is 10.9 Å². The van der Waals surface area contributed by atoms with Gasteiger partial charge in [-0.1, -0.05) is 20.8 Å². The summed E-state index contributed by atoms with van der Waals surface area (Å²) in [5.74, 6) is -0.890. The number of carbonyl (C=O) groups is 1. The van der Waals surface area contributed by atoms with E-state index in [1.165, 1.54) is 24.0 Å². The van der Waals surface area contributed by atoms with E-state index in [1.807, 2.05) is 26.8 Å². The van der Waals surface area contributed by atoms with E-state index in [9.17, 15) is 9.90 Å². The number of aromatic carboxylic acids is 1. The van der Waals surface area contributed by atoms with Crippen molar-refractivity contribution in [2.45, 2.75) is 51.9 Å². The molecule has 0 saturated carbocycles. The predicted octanol–water partition coefficient (Wildman–Crippen LogP) is 4.31. The number of rotatable bonds is 1. The van der Waals surface area contributed by atoms with Crippen molar-refractivity contribution in [2.24, 2.45) is 0 Å². The SMILES string of the molecule is CC(C)(C)c1c(C(=O)O)oc2cc3c(cc12)CCCC3. The molecule has 2 aromatic rings. The monoisotopic (exact) mass is 272 g/mol. The van der Waals surface area contributed by atoms with Crippen molar-refractivity contribution >= 4 is 16.9 Å². The summed E-state index contributed by atoms with van der Waals surface area (Å²) in [4.78, 5) is 11.5. The zero-order chi connectivity index (χ0) is 14.5. The first-order valence-electron chi connectivity index (χ1n) is 7.20. The average Bonchev–Trinajstić information content (AvgIpc) is 2.74. The Hall–Kier alpha value is -1.77. The van der Waals surface area contributed by atoms with Gasteiger partial charge in [0.05, 0.1) is 0 Å². The third kappa shape index (κ3) is 2.01. The van der Waals surface area contributed by atoms with Crippen molar-refractivity contribution < 1.29 is 14.3 Å². The van der Waals surface area contributed by atoms with Gasteiger partial charge in [0.2, 0.25) is 5.76 Å². The maximum atomic E-state index is 11.5. The number of carboxylic acid groups (broad SMARTS) is 1. The molecule has 1 aromatic carbocycles. The van der Waals surface area contributed by atoms with Crippen molar-refractivity contribution in [1.82, 2.24) is 0 Å². The molecule has 0 saturated heterocycles. The molecule has 106 valence electrons. The number of aryl methyl sites for hydroxylation is 2. The molecule has 0 unspecified atom stereocenters. The smallest absolute Gasteiger partial charge is 0.372 e. The second-order valence-corrected chi connectivity index (χ2v) is 6.69. The van der Waals surface area contributed by atoms with Crippen molar-refractivity contribution in [2.75, 3.05) is 0 Å². The van der Waals surface area contributed by atoms with Gasteiger partial charge in [-0.3, -0.25) is 0 Å². The van der Waals surface area contributed by atoms with Gasteiger partial charge < -0.3 is 9.52 Å². The number of fused-ring (bicyclic) bond motifs is 2. The quantitative estimate of drug-likeness (QED) is 0.841. The summed E-state index contributed by atoms with van der Waals surface area (Å²) in [6.07, 6.45) is 4.58. The molecule has 0 aliphatic heterocycles. The highest BCUT2D eigenvalue weighted by Crippen LogP contribution is 2.38. The van der Waals surface area contributed by atoms with Crippen molar-refractivity contribution in [3.05, 3.63) is 34.6 Å². The van der Waals surface area contributed by atoms with E-state index in [1.54, 1.807) is 0 Å². The van der Waals surface area contributed by atoms with Crippen LogP contribution in [0.2, 0.25) is 0 Å². The molecule has 0 atom stereocenters. The normalized spacial score (nSPS) is 15.3. The molecular formula is C17H20O3. The van der Waals surface area contributed by atoms with Crippen LogP contribution in [0.5, 0.6) is 0 Å². The Kier molecular flexibility index (Phi) is 2.89. The lowest BCUT2D eigenvalue weighted by Crippen LogP contribution is -2.15. The molecule has 1 heterocycles. The van der Waals surface area contributed by atoms with Crippen LogP contribution < -0.4 is 0 Å². The molecule has 3 nitrogen and oxygen atoms in total. The lowest BCUT2D eigenvalue weighted by atomic mass is 9.83. The van der Waals surface area contributed by atoms with Crippen LogP contribution in [0.1, 0.15) is 60.9 Å². The molecule has 0 radical (unpaired) electrons. The van der Waals surface area contributed by atoms with E-state index >= 15 is 0 Å². The van der Waals surface area contributed by atoms with Crippen LogP contribution in [0, 0.1) is 0 Å². The molecular weight excluding hydrogens is 252 g/mol.